The van der Waals surface area contributed by atoms with Crippen LogP contribution in [0.3, 0.4) is 0 Å². The minimum Gasteiger partial charge on any atom is -0.492 e. The van der Waals surface area contributed by atoms with Gasteiger partial charge < -0.3 is 15.0 Å². The molecule has 0 unspecified atom stereocenters. The summed E-state index contributed by atoms with van der Waals surface area (Å²) in [7, 11) is -1.61. The van der Waals surface area contributed by atoms with Crippen molar-refractivity contribution in [3.8, 4) is 5.75 Å². The van der Waals surface area contributed by atoms with Gasteiger partial charge in [0.1, 0.15) is 18.2 Å². The van der Waals surface area contributed by atoms with Crippen LogP contribution in [-0.2, 0) is 16.4 Å². The summed E-state index contributed by atoms with van der Waals surface area (Å²) >= 11 is 0. The third kappa shape index (κ3) is 6.03. The van der Waals surface area contributed by atoms with Gasteiger partial charge in [0.2, 0.25) is 0 Å². The smallest absolute Gasteiger partial charge is 0.317 e. The molecule has 1 N–H and O–H groups in total. The van der Waals surface area contributed by atoms with Crippen LogP contribution in [0, 0.1) is 5.82 Å². The van der Waals surface area contributed by atoms with E-state index in [1.165, 1.54) is 29.2 Å². The predicted molar refractivity (Wildman–Crippen MR) is 96.3 cm³/mol. The van der Waals surface area contributed by atoms with Gasteiger partial charge in [-0.05, 0) is 29.8 Å². The Morgan fingerprint density at radius 3 is 2.50 bits per heavy atom. The zero-order chi connectivity index (χ0) is 19.2. The molecule has 2 rings (SSSR count). The number of amides is 2. The second-order valence-corrected chi connectivity index (χ2v) is 7.82. The van der Waals surface area contributed by atoms with Crippen LogP contribution >= 0.6 is 0 Å². The Morgan fingerprint density at radius 2 is 1.88 bits per heavy atom. The van der Waals surface area contributed by atoms with Gasteiger partial charge in [0.15, 0.2) is 9.84 Å². The Bertz CT molecular complexity index is 854. The Morgan fingerprint density at radius 1 is 1.19 bits per heavy atom. The third-order valence-electron chi connectivity index (χ3n) is 3.63. The molecule has 2 amide bonds. The Balaban J connectivity index is 1.76. The molecule has 0 aliphatic rings. The molecule has 0 heterocycles. The number of carbonyl (C=O) groups is 1. The van der Waals surface area contributed by atoms with E-state index >= 15 is 0 Å². The van der Waals surface area contributed by atoms with Gasteiger partial charge in [0.25, 0.3) is 0 Å². The molecule has 2 aromatic carbocycles. The van der Waals surface area contributed by atoms with Gasteiger partial charge in [0, 0.05) is 25.9 Å². The maximum absolute atomic E-state index is 13.0. The lowest BCUT2D eigenvalue weighted by molar-refractivity contribution is 0.195. The van der Waals surface area contributed by atoms with E-state index in [9.17, 15) is 17.6 Å². The van der Waals surface area contributed by atoms with E-state index in [2.05, 4.69) is 5.32 Å². The number of nitrogens with one attached hydrogen (secondary N) is 1. The molecule has 26 heavy (non-hydrogen) atoms. The molecule has 6 nitrogen and oxygen atoms in total. The summed E-state index contributed by atoms with van der Waals surface area (Å²) in [6.45, 7) is 0.837. The molecule has 0 aromatic heterocycles. The molecule has 0 bridgehead atoms. The van der Waals surface area contributed by atoms with Crippen molar-refractivity contribution in [1.82, 2.24) is 10.2 Å². The molecular weight excluding hydrogens is 359 g/mol. The Labute approximate surface area is 152 Å². The molecular formula is C18H21FN2O4S. The van der Waals surface area contributed by atoms with Crippen LogP contribution in [0.4, 0.5) is 9.18 Å². The maximum Gasteiger partial charge on any atom is 0.317 e. The van der Waals surface area contributed by atoms with Crippen molar-refractivity contribution < 1.29 is 22.3 Å². The average molecular weight is 380 g/mol. The predicted octanol–water partition coefficient (Wildman–Crippen LogP) is 2.45. The van der Waals surface area contributed by atoms with Crippen molar-refractivity contribution in [3.63, 3.8) is 0 Å². The number of ether oxygens (including phenoxy) is 1. The third-order valence-corrected chi connectivity index (χ3v) is 4.76. The van der Waals surface area contributed by atoms with Gasteiger partial charge in [0.05, 0.1) is 11.4 Å². The number of halogens is 1. The highest BCUT2D eigenvalue weighted by molar-refractivity contribution is 7.90. The van der Waals surface area contributed by atoms with E-state index in [0.717, 1.165) is 11.8 Å². The first-order chi connectivity index (χ1) is 12.3. The number of sulfone groups is 1. The molecule has 0 aliphatic heterocycles. The van der Waals surface area contributed by atoms with Crippen molar-refractivity contribution in [2.75, 3.05) is 26.5 Å². The highest BCUT2D eigenvalue weighted by atomic mass is 32.2. The molecule has 0 saturated heterocycles. The van der Waals surface area contributed by atoms with Crippen LogP contribution in [0.15, 0.2) is 53.4 Å². The lowest BCUT2D eigenvalue weighted by atomic mass is 10.2. The van der Waals surface area contributed by atoms with E-state index in [-0.39, 0.29) is 29.9 Å². The zero-order valence-corrected chi connectivity index (χ0v) is 15.4. The minimum absolute atomic E-state index is 0.233. The number of carbonyl (C=O) groups excluding carboxylic acids is 1. The number of hydrogen-bond acceptors (Lipinski definition) is 4. The van der Waals surface area contributed by atoms with Crippen molar-refractivity contribution in [1.29, 1.82) is 0 Å². The molecule has 0 atom stereocenters. The van der Waals surface area contributed by atoms with Gasteiger partial charge in [-0.1, -0.05) is 18.2 Å². The second kappa shape index (κ2) is 8.66. The summed E-state index contributed by atoms with van der Waals surface area (Å²) in [6, 6.07) is 11.8. The number of likely N-dealkylation sites (N-methyl/N-ethyl adjacent to an activating group) is 1. The fourth-order valence-corrected chi connectivity index (χ4v) is 2.76. The highest BCUT2D eigenvalue weighted by Gasteiger charge is 2.09. The minimum atomic E-state index is -3.23. The topological polar surface area (TPSA) is 75.7 Å². The lowest BCUT2D eigenvalue weighted by Crippen LogP contribution is -2.39. The van der Waals surface area contributed by atoms with Crippen LogP contribution in [0.1, 0.15) is 5.56 Å². The number of urea groups is 1. The molecule has 0 saturated carbocycles. The molecule has 0 radical (unpaired) electrons. The summed E-state index contributed by atoms with van der Waals surface area (Å²) in [5.41, 5.74) is 0.787. The lowest BCUT2D eigenvalue weighted by Gasteiger charge is -2.18. The molecule has 2 aromatic rings. The largest absolute Gasteiger partial charge is 0.492 e. The van der Waals surface area contributed by atoms with Gasteiger partial charge in [-0.15, -0.1) is 0 Å². The van der Waals surface area contributed by atoms with Crippen molar-refractivity contribution in [2.24, 2.45) is 0 Å². The normalized spacial score (nSPS) is 11.0. The number of hydrogen-bond donors (Lipinski definition) is 1. The van der Waals surface area contributed by atoms with E-state index in [0.29, 0.717) is 12.3 Å². The summed E-state index contributed by atoms with van der Waals surface area (Å²) in [5, 5.41) is 2.74. The SMILES string of the molecule is CN(CCOc1cccc(F)c1)C(=O)NCc1ccc(S(C)(=O)=O)cc1. The summed E-state index contributed by atoms with van der Waals surface area (Å²) < 4.78 is 41.3. The fraction of sp³-hybridized carbons (Fsp3) is 0.278. The standard InChI is InChI=1S/C18H21FN2O4S/c1-21(10-11-25-16-5-3-4-15(19)12-16)18(22)20-13-14-6-8-17(9-7-14)26(2,23)24/h3-9,12H,10-11,13H2,1-2H3,(H,20,22). The van der Waals surface area contributed by atoms with Crippen molar-refractivity contribution in [2.45, 2.75) is 11.4 Å². The van der Waals surface area contributed by atoms with Crippen LogP contribution < -0.4 is 10.1 Å². The molecule has 0 fully saturated rings. The van der Waals surface area contributed by atoms with Gasteiger partial charge in [-0.25, -0.2) is 17.6 Å². The number of rotatable bonds is 7. The summed E-state index contributed by atoms with van der Waals surface area (Å²) in [6.07, 6.45) is 1.14. The van der Waals surface area contributed by atoms with Gasteiger partial charge in [-0.3, -0.25) is 0 Å². The maximum atomic E-state index is 13.0. The average Bonchev–Trinajstić information content (AvgIpc) is 2.59. The van der Waals surface area contributed by atoms with Gasteiger partial charge in [-0.2, -0.15) is 0 Å². The monoisotopic (exact) mass is 380 g/mol. The van der Waals surface area contributed by atoms with E-state index in [1.54, 1.807) is 31.3 Å². The first kappa shape index (κ1) is 19.7. The van der Waals surface area contributed by atoms with Crippen LogP contribution in [0.5, 0.6) is 5.75 Å². The van der Waals surface area contributed by atoms with Crippen LogP contribution in [0.2, 0.25) is 0 Å². The zero-order valence-electron chi connectivity index (χ0n) is 14.6. The van der Waals surface area contributed by atoms with E-state index < -0.39 is 9.84 Å². The van der Waals surface area contributed by atoms with E-state index in [1.807, 2.05) is 0 Å². The second-order valence-electron chi connectivity index (χ2n) is 5.80. The summed E-state index contributed by atoms with van der Waals surface area (Å²) in [5.74, 6) is 0.0280. The van der Waals surface area contributed by atoms with Crippen LogP contribution in [0.25, 0.3) is 0 Å². The van der Waals surface area contributed by atoms with E-state index in [4.69, 9.17) is 4.74 Å². The molecule has 0 aliphatic carbocycles. The number of benzene rings is 2. The Kier molecular flexibility index (Phi) is 6.57. The number of nitrogens with zero attached hydrogens (tertiary/aromatic N) is 1. The van der Waals surface area contributed by atoms with Crippen LogP contribution in [-0.4, -0.2) is 45.8 Å². The first-order valence-electron chi connectivity index (χ1n) is 7.92. The Hall–Kier alpha value is -2.61. The van der Waals surface area contributed by atoms with Crippen molar-refractivity contribution >= 4 is 15.9 Å². The first-order valence-corrected chi connectivity index (χ1v) is 9.81. The summed E-state index contributed by atoms with van der Waals surface area (Å²) in [4.78, 5) is 13.7. The van der Waals surface area contributed by atoms with Gasteiger partial charge >= 0.3 is 6.03 Å². The molecule has 8 heteroatoms. The molecule has 0 spiro atoms. The molecule has 140 valence electrons. The fourth-order valence-electron chi connectivity index (χ4n) is 2.13. The van der Waals surface area contributed by atoms with Crippen molar-refractivity contribution in [3.05, 3.63) is 59.9 Å². The quantitative estimate of drug-likeness (QED) is 0.801. The highest BCUT2D eigenvalue weighted by Crippen LogP contribution is 2.12.